The molecule has 0 saturated heterocycles. The van der Waals surface area contributed by atoms with Gasteiger partial charge in [-0.25, -0.2) is 9.97 Å². The Morgan fingerprint density at radius 2 is 1.94 bits per heavy atom. The number of rotatable bonds is 2. The lowest BCUT2D eigenvalue weighted by molar-refractivity contribution is -0.131. The highest BCUT2D eigenvalue weighted by molar-refractivity contribution is 7.09. The Bertz CT molecular complexity index is 1020. The highest BCUT2D eigenvalue weighted by Gasteiger charge is 2.19. The van der Waals surface area contributed by atoms with E-state index < -0.39 is 0 Å². The maximum atomic E-state index is 13.1. The second kappa shape index (κ2) is 10.4. The number of aryl methyl sites for hydroxylation is 1. The summed E-state index contributed by atoms with van der Waals surface area (Å²) >= 11 is 1.57. The van der Waals surface area contributed by atoms with Crippen LogP contribution in [0.1, 0.15) is 41.9 Å². The fourth-order valence-electron chi connectivity index (χ4n) is 3.59. The fourth-order valence-corrected chi connectivity index (χ4v) is 4.20. The van der Waals surface area contributed by atoms with Gasteiger partial charge >= 0.3 is 0 Å². The third kappa shape index (κ3) is 5.82. The Kier molecular flexibility index (Phi) is 7.14. The van der Waals surface area contributed by atoms with Crippen molar-refractivity contribution in [2.45, 2.75) is 45.6 Å². The lowest BCUT2D eigenvalue weighted by Gasteiger charge is -2.24. The number of benzene rings is 1. The summed E-state index contributed by atoms with van der Waals surface area (Å²) in [7, 11) is 0. The van der Waals surface area contributed by atoms with Crippen molar-refractivity contribution < 1.29 is 14.3 Å². The normalized spacial score (nSPS) is 15.1. The fraction of sp³-hybridized carbons (Fsp3) is 0.375. The maximum absolute atomic E-state index is 13.1. The molecule has 0 atom stereocenters. The van der Waals surface area contributed by atoms with Crippen LogP contribution in [-0.2, 0) is 17.8 Å². The number of hydrogen-bond donors (Lipinski definition) is 0. The van der Waals surface area contributed by atoms with Gasteiger partial charge in [0.15, 0.2) is 11.5 Å². The van der Waals surface area contributed by atoms with E-state index in [9.17, 15) is 4.79 Å². The van der Waals surface area contributed by atoms with E-state index in [0.717, 1.165) is 41.9 Å². The molecule has 31 heavy (non-hydrogen) atoms. The van der Waals surface area contributed by atoms with Crippen LogP contribution in [-0.4, -0.2) is 33.9 Å². The molecule has 3 heterocycles. The minimum absolute atomic E-state index is 0.0796. The minimum Gasteiger partial charge on any atom is -0.490 e. The number of ether oxygens (including phenoxy) is 2. The zero-order valence-electron chi connectivity index (χ0n) is 17.8. The van der Waals surface area contributed by atoms with Gasteiger partial charge in [0.05, 0.1) is 30.3 Å². The molecule has 1 aromatic carbocycles. The van der Waals surface area contributed by atoms with Gasteiger partial charge in [-0.2, -0.15) is 0 Å². The van der Waals surface area contributed by atoms with E-state index in [2.05, 4.69) is 9.97 Å². The van der Waals surface area contributed by atoms with E-state index >= 15 is 0 Å². The summed E-state index contributed by atoms with van der Waals surface area (Å²) in [5, 5.41) is 2.94. The van der Waals surface area contributed by atoms with E-state index in [1.807, 2.05) is 53.6 Å². The van der Waals surface area contributed by atoms with Crippen LogP contribution in [0.2, 0.25) is 0 Å². The number of aromatic nitrogens is 2. The van der Waals surface area contributed by atoms with Crippen LogP contribution in [0.3, 0.4) is 0 Å². The highest BCUT2D eigenvalue weighted by Crippen LogP contribution is 2.32. The molecule has 0 fully saturated rings. The predicted molar refractivity (Wildman–Crippen MR) is 121 cm³/mol. The van der Waals surface area contributed by atoms with Gasteiger partial charge in [-0.3, -0.25) is 4.79 Å². The van der Waals surface area contributed by atoms with Crippen molar-refractivity contribution in [1.29, 1.82) is 0 Å². The first-order valence-corrected chi connectivity index (χ1v) is 11.6. The van der Waals surface area contributed by atoms with Crippen molar-refractivity contribution in [2.75, 3.05) is 13.2 Å². The third-order valence-corrected chi connectivity index (χ3v) is 6.02. The van der Waals surface area contributed by atoms with Crippen molar-refractivity contribution in [3.63, 3.8) is 0 Å². The van der Waals surface area contributed by atoms with Crippen LogP contribution in [0.5, 0.6) is 17.4 Å². The standard InChI is InChI=1S/C24H27N3O3S/c1-18-26-20(17-31-18)15-23(28)27-13-6-2-3-7-14-29-21-10-4-5-11-22(21)30-24-19(16-27)9-8-12-25-24/h4-5,8-12,17H,2-3,6-7,13-16H2,1H3. The van der Waals surface area contributed by atoms with Crippen LogP contribution >= 0.6 is 11.3 Å². The number of para-hydroxylation sites is 2. The predicted octanol–water partition coefficient (Wildman–Crippen LogP) is 5.16. The number of pyridine rings is 1. The molecule has 162 valence electrons. The van der Waals surface area contributed by atoms with Crippen LogP contribution in [0, 0.1) is 6.92 Å². The van der Waals surface area contributed by atoms with Gasteiger partial charge < -0.3 is 14.4 Å². The molecule has 6 nitrogen and oxygen atoms in total. The average Bonchev–Trinajstić information content (AvgIpc) is 3.18. The van der Waals surface area contributed by atoms with Crippen molar-refractivity contribution in [2.24, 2.45) is 0 Å². The molecule has 1 amide bonds. The Hall–Kier alpha value is -2.93. The SMILES string of the molecule is Cc1nc(CC(=O)N2CCCCCCOc3ccccc3Oc3ncccc3C2)cs1. The molecular formula is C24H27N3O3S. The van der Waals surface area contributed by atoms with E-state index in [4.69, 9.17) is 9.47 Å². The van der Waals surface area contributed by atoms with Crippen molar-refractivity contribution in [3.05, 3.63) is 64.2 Å². The van der Waals surface area contributed by atoms with Gasteiger partial charge in [0.25, 0.3) is 0 Å². The molecule has 0 bridgehead atoms. The molecule has 0 saturated carbocycles. The summed E-state index contributed by atoms with van der Waals surface area (Å²) in [5.41, 5.74) is 1.71. The zero-order valence-corrected chi connectivity index (χ0v) is 18.6. The topological polar surface area (TPSA) is 64.6 Å². The number of carbonyl (C=O) groups excluding carboxylic acids is 1. The number of fused-ring (bicyclic) bond motifs is 2. The summed E-state index contributed by atoms with van der Waals surface area (Å²) in [6, 6.07) is 11.5. The molecule has 0 unspecified atom stereocenters. The molecule has 0 N–H and O–H groups in total. The Labute approximate surface area is 186 Å². The summed E-state index contributed by atoms with van der Waals surface area (Å²) < 4.78 is 12.1. The second-order valence-electron chi connectivity index (χ2n) is 7.63. The third-order valence-electron chi connectivity index (χ3n) is 5.20. The summed E-state index contributed by atoms with van der Waals surface area (Å²) in [5.74, 6) is 1.92. The Morgan fingerprint density at radius 1 is 1.10 bits per heavy atom. The van der Waals surface area contributed by atoms with Crippen LogP contribution in [0.15, 0.2) is 48.0 Å². The first-order valence-electron chi connectivity index (χ1n) is 10.7. The van der Waals surface area contributed by atoms with Gasteiger partial charge in [0, 0.05) is 23.7 Å². The van der Waals surface area contributed by atoms with E-state index in [-0.39, 0.29) is 5.91 Å². The average molecular weight is 438 g/mol. The molecule has 0 aliphatic carbocycles. The van der Waals surface area contributed by atoms with Gasteiger partial charge in [0.1, 0.15) is 0 Å². The minimum atomic E-state index is 0.0796. The number of hydrogen-bond acceptors (Lipinski definition) is 6. The zero-order chi connectivity index (χ0) is 21.5. The van der Waals surface area contributed by atoms with Crippen molar-refractivity contribution in [3.8, 4) is 17.4 Å². The summed E-state index contributed by atoms with van der Waals surface area (Å²) in [6.45, 7) is 3.75. The highest BCUT2D eigenvalue weighted by atomic mass is 32.1. The first kappa shape index (κ1) is 21.3. The van der Waals surface area contributed by atoms with Crippen molar-refractivity contribution >= 4 is 17.2 Å². The molecule has 3 aromatic rings. The van der Waals surface area contributed by atoms with Gasteiger partial charge in [0.2, 0.25) is 11.8 Å². The second-order valence-corrected chi connectivity index (χ2v) is 8.69. The first-order chi connectivity index (χ1) is 15.2. The lowest BCUT2D eigenvalue weighted by Crippen LogP contribution is -2.33. The molecule has 7 heteroatoms. The monoisotopic (exact) mass is 437 g/mol. The lowest BCUT2D eigenvalue weighted by atomic mass is 10.1. The molecular weight excluding hydrogens is 410 g/mol. The Morgan fingerprint density at radius 3 is 2.77 bits per heavy atom. The van der Waals surface area contributed by atoms with E-state index in [1.54, 1.807) is 17.5 Å². The number of nitrogens with zero attached hydrogens (tertiary/aromatic N) is 3. The number of thiazole rings is 1. The number of amides is 1. The maximum Gasteiger partial charge on any atom is 0.228 e. The van der Waals surface area contributed by atoms with Crippen molar-refractivity contribution in [1.82, 2.24) is 14.9 Å². The largest absolute Gasteiger partial charge is 0.490 e. The Balaban J connectivity index is 1.59. The van der Waals surface area contributed by atoms with E-state index in [1.165, 1.54) is 0 Å². The van der Waals surface area contributed by atoms with E-state index in [0.29, 0.717) is 43.5 Å². The van der Waals surface area contributed by atoms with Gasteiger partial charge in [-0.1, -0.05) is 31.0 Å². The summed E-state index contributed by atoms with van der Waals surface area (Å²) in [4.78, 5) is 23.9. The summed E-state index contributed by atoms with van der Waals surface area (Å²) in [6.07, 6.45) is 6.06. The number of carbonyl (C=O) groups is 1. The molecule has 4 rings (SSSR count). The van der Waals surface area contributed by atoms with Crippen LogP contribution < -0.4 is 9.47 Å². The van der Waals surface area contributed by atoms with Crippen LogP contribution in [0.25, 0.3) is 0 Å². The van der Waals surface area contributed by atoms with Gasteiger partial charge in [-0.15, -0.1) is 11.3 Å². The quantitative estimate of drug-likeness (QED) is 0.554. The van der Waals surface area contributed by atoms with Gasteiger partial charge in [-0.05, 0) is 38.0 Å². The molecule has 0 radical (unpaired) electrons. The molecule has 1 aliphatic heterocycles. The van der Waals surface area contributed by atoms with Crippen LogP contribution in [0.4, 0.5) is 0 Å². The smallest absolute Gasteiger partial charge is 0.228 e. The molecule has 0 spiro atoms. The molecule has 1 aliphatic rings. The molecule has 2 aromatic heterocycles.